The van der Waals surface area contributed by atoms with Gasteiger partial charge in [-0.05, 0) is 36.8 Å². The van der Waals surface area contributed by atoms with Gasteiger partial charge in [-0.3, -0.25) is 9.59 Å². The summed E-state index contributed by atoms with van der Waals surface area (Å²) in [5.74, 6) is -1.37. The van der Waals surface area contributed by atoms with Gasteiger partial charge in [0.05, 0.1) is 17.1 Å². The number of hydrogen-bond donors (Lipinski definition) is 4. The summed E-state index contributed by atoms with van der Waals surface area (Å²) >= 11 is 0. The average Bonchev–Trinajstić information content (AvgIpc) is 2.78. The number of unbranched alkanes of at least 4 members (excludes halogenated alkanes) is 1. The zero-order valence-electron chi connectivity index (χ0n) is 17.3. The Morgan fingerprint density at radius 2 is 1.66 bits per heavy atom. The van der Waals surface area contributed by atoms with Gasteiger partial charge in [-0.15, -0.1) is 0 Å². The Hall–Kier alpha value is -3.51. The summed E-state index contributed by atoms with van der Waals surface area (Å²) < 4.78 is 31.7. The largest absolute Gasteiger partial charge is 0.414 e. The van der Waals surface area contributed by atoms with Crippen molar-refractivity contribution in [1.29, 1.82) is 0 Å². The zero-order valence-corrected chi connectivity index (χ0v) is 18.1. The van der Waals surface area contributed by atoms with E-state index in [0.29, 0.717) is 12.1 Å². The summed E-state index contributed by atoms with van der Waals surface area (Å²) in [6, 6.07) is 7.61. The normalized spacial score (nSPS) is 10.8. The van der Waals surface area contributed by atoms with Crippen LogP contribution in [-0.2, 0) is 10.0 Å². The highest BCUT2D eigenvalue weighted by molar-refractivity contribution is 7.90. The molecular formula is C20H24N4O7S. The molecule has 3 amide bonds. The van der Waals surface area contributed by atoms with Gasteiger partial charge in [0.1, 0.15) is 0 Å². The Balaban J connectivity index is 1.99. The number of ether oxygens (including phenoxy) is 1. The molecule has 1 aromatic heterocycles. The van der Waals surface area contributed by atoms with Crippen LogP contribution >= 0.6 is 0 Å². The number of nitrogens with zero attached hydrogens (tertiary/aromatic N) is 1. The fraction of sp³-hybridized carbons (Fsp3) is 0.300. The maximum atomic E-state index is 12.5. The first-order valence-electron chi connectivity index (χ1n) is 9.75. The van der Waals surface area contributed by atoms with Gasteiger partial charge < -0.3 is 20.5 Å². The van der Waals surface area contributed by atoms with Crippen LogP contribution in [0.1, 0.15) is 40.5 Å². The topological polar surface area (TPSA) is 164 Å². The summed E-state index contributed by atoms with van der Waals surface area (Å²) in [7, 11) is -4.19. The van der Waals surface area contributed by atoms with Gasteiger partial charge in [-0.1, -0.05) is 13.3 Å². The van der Waals surface area contributed by atoms with Gasteiger partial charge in [0.15, 0.2) is 0 Å². The lowest BCUT2D eigenvalue weighted by molar-refractivity contribution is 0.0950. The van der Waals surface area contributed by atoms with E-state index in [9.17, 15) is 22.8 Å². The van der Waals surface area contributed by atoms with Crippen molar-refractivity contribution in [2.75, 3.05) is 19.7 Å². The Kier molecular flexibility index (Phi) is 9.10. The maximum absolute atomic E-state index is 12.5. The molecule has 2 aromatic rings. The predicted octanol–water partition coefficient (Wildman–Crippen LogP) is 0.811. The van der Waals surface area contributed by atoms with E-state index >= 15 is 0 Å². The predicted molar refractivity (Wildman–Crippen MR) is 114 cm³/mol. The Morgan fingerprint density at radius 3 is 2.25 bits per heavy atom. The number of benzene rings is 1. The molecule has 0 radical (unpaired) electrons. The van der Waals surface area contributed by atoms with Crippen LogP contribution in [0.4, 0.5) is 4.79 Å². The number of nitrogens with one attached hydrogen (secondary N) is 3. The van der Waals surface area contributed by atoms with Gasteiger partial charge >= 0.3 is 6.09 Å². The van der Waals surface area contributed by atoms with Crippen LogP contribution in [0.25, 0.3) is 0 Å². The molecule has 0 aliphatic carbocycles. The molecule has 0 bridgehead atoms. The molecule has 0 saturated heterocycles. The standard InChI is InChI=1S/C20H24N4O7S/c1-2-3-10-21-18(26)14-4-7-16(8-5-14)32(29,30)24-19(27)15-6-9-17(23-13-15)31-20(28)22-11-12-25/h4-9,13,25H,2-3,10-12H2,1H3,(H,21,26)(H,22,28)(H,24,27). The zero-order chi connectivity index (χ0) is 23.6. The van der Waals surface area contributed by atoms with Gasteiger partial charge in [0.25, 0.3) is 21.8 Å². The van der Waals surface area contributed by atoms with E-state index in [1.807, 2.05) is 11.6 Å². The molecule has 0 unspecified atom stereocenters. The van der Waals surface area contributed by atoms with Gasteiger partial charge in [0, 0.05) is 30.9 Å². The van der Waals surface area contributed by atoms with E-state index in [1.54, 1.807) is 0 Å². The van der Waals surface area contributed by atoms with E-state index in [1.165, 1.54) is 36.4 Å². The Morgan fingerprint density at radius 1 is 0.969 bits per heavy atom. The lowest BCUT2D eigenvalue weighted by Crippen LogP contribution is -2.31. The molecule has 1 aromatic carbocycles. The summed E-state index contributed by atoms with van der Waals surface area (Å²) in [5.41, 5.74) is 0.220. The van der Waals surface area contributed by atoms with Crippen LogP contribution < -0.4 is 20.1 Å². The molecule has 0 fully saturated rings. The van der Waals surface area contributed by atoms with Crippen molar-refractivity contribution in [3.05, 3.63) is 53.7 Å². The molecular weight excluding hydrogens is 440 g/mol. The van der Waals surface area contributed by atoms with E-state index in [-0.39, 0.29) is 35.4 Å². The number of aliphatic hydroxyl groups excluding tert-OH is 1. The highest BCUT2D eigenvalue weighted by atomic mass is 32.2. The number of sulfonamides is 1. The third-order valence-electron chi connectivity index (χ3n) is 4.05. The van der Waals surface area contributed by atoms with Crippen LogP contribution in [0, 0.1) is 0 Å². The third-order valence-corrected chi connectivity index (χ3v) is 5.39. The summed E-state index contributed by atoms with van der Waals surface area (Å²) in [6.07, 6.45) is 1.98. The molecule has 4 N–H and O–H groups in total. The highest BCUT2D eigenvalue weighted by Crippen LogP contribution is 2.13. The minimum absolute atomic E-state index is 0.00168. The van der Waals surface area contributed by atoms with E-state index in [2.05, 4.69) is 15.6 Å². The molecule has 0 saturated carbocycles. The van der Waals surface area contributed by atoms with Crippen LogP contribution in [-0.4, -0.2) is 56.1 Å². The number of pyridine rings is 1. The molecule has 12 heteroatoms. The minimum Gasteiger partial charge on any atom is -0.395 e. The number of rotatable bonds is 10. The molecule has 32 heavy (non-hydrogen) atoms. The summed E-state index contributed by atoms with van der Waals surface area (Å²) in [6.45, 7) is 2.26. The number of carbonyl (C=O) groups excluding carboxylic acids is 3. The van der Waals surface area contributed by atoms with Crippen LogP contribution in [0.5, 0.6) is 5.88 Å². The van der Waals surface area contributed by atoms with Crippen molar-refractivity contribution in [3.63, 3.8) is 0 Å². The van der Waals surface area contributed by atoms with Crippen molar-refractivity contribution in [3.8, 4) is 5.88 Å². The third kappa shape index (κ3) is 7.32. The Bertz CT molecular complexity index is 1040. The number of aliphatic hydroxyl groups is 1. The molecule has 11 nitrogen and oxygen atoms in total. The highest BCUT2D eigenvalue weighted by Gasteiger charge is 2.20. The fourth-order valence-corrected chi connectivity index (χ4v) is 3.34. The molecule has 2 rings (SSSR count). The molecule has 0 aliphatic heterocycles. The number of amides is 3. The molecule has 172 valence electrons. The molecule has 1 heterocycles. The molecule has 0 spiro atoms. The van der Waals surface area contributed by atoms with Crippen molar-refractivity contribution < 1.29 is 32.6 Å². The van der Waals surface area contributed by atoms with Gasteiger partial charge in [-0.2, -0.15) is 0 Å². The maximum Gasteiger partial charge on any atom is 0.414 e. The lowest BCUT2D eigenvalue weighted by atomic mass is 10.2. The first-order chi connectivity index (χ1) is 15.3. The second-order valence-electron chi connectivity index (χ2n) is 6.49. The van der Waals surface area contributed by atoms with Gasteiger partial charge in [-0.25, -0.2) is 22.9 Å². The minimum atomic E-state index is -4.19. The van der Waals surface area contributed by atoms with Crippen LogP contribution in [0.15, 0.2) is 47.5 Å². The first-order valence-corrected chi connectivity index (χ1v) is 11.2. The number of aromatic nitrogens is 1. The quantitative estimate of drug-likeness (QED) is 0.375. The van der Waals surface area contributed by atoms with Crippen molar-refractivity contribution in [1.82, 2.24) is 20.3 Å². The van der Waals surface area contributed by atoms with E-state index in [0.717, 1.165) is 19.0 Å². The molecule has 0 aliphatic rings. The summed E-state index contributed by atoms with van der Waals surface area (Å²) in [5, 5.41) is 13.6. The van der Waals surface area contributed by atoms with Crippen molar-refractivity contribution >= 4 is 27.9 Å². The second kappa shape index (κ2) is 11.8. The van der Waals surface area contributed by atoms with Crippen molar-refractivity contribution in [2.24, 2.45) is 0 Å². The second-order valence-corrected chi connectivity index (χ2v) is 8.18. The van der Waals surface area contributed by atoms with Gasteiger partial charge in [0.2, 0.25) is 5.88 Å². The van der Waals surface area contributed by atoms with Crippen LogP contribution in [0.2, 0.25) is 0 Å². The summed E-state index contributed by atoms with van der Waals surface area (Å²) in [4.78, 5) is 39.3. The van der Waals surface area contributed by atoms with Crippen LogP contribution in [0.3, 0.4) is 0 Å². The monoisotopic (exact) mass is 464 g/mol. The SMILES string of the molecule is CCCCNC(=O)c1ccc(S(=O)(=O)NC(=O)c2ccc(OC(=O)NCCO)nc2)cc1. The average molecular weight is 465 g/mol. The lowest BCUT2D eigenvalue weighted by Gasteiger charge is -2.09. The number of carbonyl (C=O) groups is 3. The Labute approximate surface area is 185 Å². The smallest absolute Gasteiger partial charge is 0.395 e. The van der Waals surface area contributed by atoms with E-state index < -0.39 is 22.0 Å². The fourth-order valence-electron chi connectivity index (χ4n) is 2.37. The first kappa shape index (κ1) is 24.8. The number of hydrogen-bond acceptors (Lipinski definition) is 8. The van der Waals surface area contributed by atoms with Crippen molar-refractivity contribution in [2.45, 2.75) is 24.7 Å². The molecule has 0 atom stereocenters. The van der Waals surface area contributed by atoms with E-state index in [4.69, 9.17) is 9.84 Å².